The number of carboxylic acid groups (broad SMARTS) is 1. The molecule has 94 valence electrons. The van der Waals surface area contributed by atoms with Gasteiger partial charge in [0.05, 0.1) is 11.8 Å². The summed E-state index contributed by atoms with van der Waals surface area (Å²) in [6.07, 6.45) is 2.57. The number of aromatic nitrogens is 2. The molecule has 0 spiro atoms. The first-order valence-electron chi connectivity index (χ1n) is 5.34. The molecule has 0 atom stereocenters. The Balaban J connectivity index is 2.36. The summed E-state index contributed by atoms with van der Waals surface area (Å²) in [5.41, 5.74) is 0.964. The Kier molecular flexibility index (Phi) is 3.39. The number of carbonyl (C=O) groups is 1. The van der Waals surface area contributed by atoms with Gasteiger partial charge in [0, 0.05) is 11.9 Å². The Morgan fingerprint density at radius 3 is 2.89 bits per heavy atom. The third kappa shape index (κ3) is 2.84. The van der Waals surface area contributed by atoms with Gasteiger partial charge in [-0.1, -0.05) is 0 Å². The summed E-state index contributed by atoms with van der Waals surface area (Å²) in [4.78, 5) is 18.7. The van der Waals surface area contributed by atoms with Gasteiger partial charge in [0.1, 0.15) is 17.4 Å². The van der Waals surface area contributed by atoms with E-state index in [9.17, 15) is 4.79 Å². The van der Waals surface area contributed by atoms with Crippen molar-refractivity contribution in [1.82, 2.24) is 9.97 Å². The molecule has 2 heterocycles. The van der Waals surface area contributed by atoms with Crippen molar-refractivity contribution in [2.75, 3.05) is 0 Å². The number of nitriles is 1. The number of aryl methyl sites for hydroxylation is 1. The molecular weight excluding hydrogens is 246 g/mol. The first-order chi connectivity index (χ1) is 9.10. The van der Waals surface area contributed by atoms with Crippen molar-refractivity contribution in [1.29, 1.82) is 5.26 Å². The molecule has 6 heteroatoms. The lowest BCUT2D eigenvalue weighted by Gasteiger charge is -2.07. The van der Waals surface area contributed by atoms with E-state index in [1.165, 1.54) is 18.5 Å². The van der Waals surface area contributed by atoms with E-state index in [0.717, 1.165) is 0 Å². The number of hydrogen-bond acceptors (Lipinski definition) is 5. The minimum Gasteiger partial charge on any atom is -0.478 e. The molecule has 0 saturated heterocycles. The van der Waals surface area contributed by atoms with Gasteiger partial charge in [0.2, 0.25) is 5.88 Å². The van der Waals surface area contributed by atoms with Crippen molar-refractivity contribution in [2.45, 2.75) is 6.92 Å². The molecule has 6 nitrogen and oxygen atoms in total. The molecule has 0 aliphatic heterocycles. The number of nitrogens with zero attached hydrogens (tertiary/aromatic N) is 3. The van der Waals surface area contributed by atoms with Gasteiger partial charge in [-0.25, -0.2) is 9.78 Å². The summed E-state index contributed by atoms with van der Waals surface area (Å²) >= 11 is 0. The standard InChI is InChI=1S/C13H9N3O3/c1-8-2-3-9(5-14)12(16-8)19-11-4-10(13(17)18)6-15-7-11/h2-4,6-7H,1H3,(H,17,18). The zero-order chi connectivity index (χ0) is 13.8. The Hall–Kier alpha value is -2.94. The highest BCUT2D eigenvalue weighted by Crippen LogP contribution is 2.23. The van der Waals surface area contributed by atoms with Crippen LogP contribution in [0.4, 0.5) is 0 Å². The van der Waals surface area contributed by atoms with Gasteiger partial charge >= 0.3 is 5.97 Å². The van der Waals surface area contributed by atoms with Crippen LogP contribution < -0.4 is 4.74 Å². The maximum absolute atomic E-state index is 10.8. The van der Waals surface area contributed by atoms with Gasteiger partial charge < -0.3 is 9.84 Å². The van der Waals surface area contributed by atoms with Crippen molar-refractivity contribution in [3.63, 3.8) is 0 Å². The van der Waals surface area contributed by atoms with Gasteiger partial charge in [-0.05, 0) is 25.1 Å². The fourth-order valence-electron chi connectivity index (χ4n) is 1.40. The number of rotatable bonds is 3. The molecule has 2 rings (SSSR count). The van der Waals surface area contributed by atoms with Crippen LogP contribution in [0.2, 0.25) is 0 Å². The molecule has 1 N–H and O–H groups in total. The first kappa shape index (κ1) is 12.5. The van der Waals surface area contributed by atoms with Gasteiger partial charge in [-0.15, -0.1) is 0 Å². The zero-order valence-electron chi connectivity index (χ0n) is 9.99. The molecule has 0 saturated carbocycles. The molecule has 0 aromatic carbocycles. The van der Waals surface area contributed by atoms with E-state index in [0.29, 0.717) is 5.69 Å². The van der Waals surface area contributed by atoms with Crippen LogP contribution in [0, 0.1) is 18.3 Å². The first-order valence-corrected chi connectivity index (χ1v) is 5.34. The topological polar surface area (TPSA) is 96.1 Å². The summed E-state index contributed by atoms with van der Waals surface area (Å²) in [5.74, 6) is -0.753. The minimum atomic E-state index is -1.10. The summed E-state index contributed by atoms with van der Waals surface area (Å²) in [7, 11) is 0. The normalized spacial score (nSPS) is 9.68. The van der Waals surface area contributed by atoms with Crippen molar-refractivity contribution >= 4 is 5.97 Å². The highest BCUT2D eigenvalue weighted by Gasteiger charge is 2.09. The highest BCUT2D eigenvalue weighted by atomic mass is 16.5. The predicted octanol–water partition coefficient (Wildman–Crippen LogP) is 2.15. The SMILES string of the molecule is Cc1ccc(C#N)c(Oc2cncc(C(=O)O)c2)n1. The number of pyridine rings is 2. The second kappa shape index (κ2) is 5.14. The van der Waals surface area contributed by atoms with Crippen LogP contribution in [-0.2, 0) is 0 Å². The Labute approximate surface area is 108 Å². The summed E-state index contributed by atoms with van der Waals surface area (Å²) in [5, 5.41) is 17.8. The second-order valence-corrected chi connectivity index (χ2v) is 3.73. The molecule has 0 radical (unpaired) electrons. The van der Waals surface area contributed by atoms with Crippen molar-refractivity contribution in [3.05, 3.63) is 47.4 Å². The van der Waals surface area contributed by atoms with Crippen LogP contribution in [0.25, 0.3) is 0 Å². The maximum Gasteiger partial charge on any atom is 0.337 e. The molecule has 2 aromatic rings. The molecule has 0 amide bonds. The van der Waals surface area contributed by atoms with Crippen LogP contribution in [0.3, 0.4) is 0 Å². The Morgan fingerprint density at radius 1 is 1.42 bits per heavy atom. The molecule has 19 heavy (non-hydrogen) atoms. The van der Waals surface area contributed by atoms with Crippen LogP contribution in [0.1, 0.15) is 21.6 Å². The number of ether oxygens (including phenoxy) is 1. The van der Waals surface area contributed by atoms with Gasteiger partial charge in [-0.2, -0.15) is 5.26 Å². The van der Waals surface area contributed by atoms with Crippen LogP contribution >= 0.6 is 0 Å². The molecule has 0 unspecified atom stereocenters. The third-order valence-corrected chi connectivity index (χ3v) is 2.29. The zero-order valence-corrected chi connectivity index (χ0v) is 9.99. The van der Waals surface area contributed by atoms with E-state index in [4.69, 9.17) is 15.1 Å². The van der Waals surface area contributed by atoms with Crippen molar-refractivity contribution < 1.29 is 14.6 Å². The molecule has 2 aromatic heterocycles. The van der Waals surface area contributed by atoms with Crippen LogP contribution in [-0.4, -0.2) is 21.0 Å². The largest absolute Gasteiger partial charge is 0.478 e. The molecular formula is C13H9N3O3. The summed E-state index contributed by atoms with van der Waals surface area (Å²) in [6.45, 7) is 1.76. The number of carboxylic acids is 1. The van der Waals surface area contributed by atoms with Gasteiger partial charge in [0.25, 0.3) is 0 Å². The van der Waals surface area contributed by atoms with Gasteiger partial charge in [0.15, 0.2) is 0 Å². The smallest absolute Gasteiger partial charge is 0.337 e. The number of hydrogen-bond donors (Lipinski definition) is 1. The lowest BCUT2D eigenvalue weighted by molar-refractivity contribution is 0.0696. The third-order valence-electron chi connectivity index (χ3n) is 2.29. The van der Waals surface area contributed by atoms with Crippen molar-refractivity contribution in [2.24, 2.45) is 0 Å². The Bertz CT molecular complexity index is 677. The van der Waals surface area contributed by atoms with E-state index in [-0.39, 0.29) is 22.8 Å². The van der Waals surface area contributed by atoms with E-state index in [1.807, 2.05) is 6.07 Å². The molecule has 0 bridgehead atoms. The summed E-state index contributed by atoms with van der Waals surface area (Å²) in [6, 6.07) is 6.56. The average Bonchev–Trinajstić information content (AvgIpc) is 2.39. The highest BCUT2D eigenvalue weighted by molar-refractivity contribution is 5.87. The monoisotopic (exact) mass is 255 g/mol. The fourth-order valence-corrected chi connectivity index (χ4v) is 1.40. The maximum atomic E-state index is 10.8. The summed E-state index contributed by atoms with van der Waals surface area (Å²) < 4.78 is 5.41. The molecule has 0 fully saturated rings. The fraction of sp³-hybridized carbons (Fsp3) is 0.0769. The van der Waals surface area contributed by atoms with Gasteiger partial charge in [-0.3, -0.25) is 4.98 Å². The van der Waals surface area contributed by atoms with Crippen LogP contribution in [0.5, 0.6) is 11.6 Å². The van der Waals surface area contributed by atoms with Crippen LogP contribution in [0.15, 0.2) is 30.6 Å². The molecule has 0 aliphatic rings. The second-order valence-electron chi connectivity index (χ2n) is 3.73. The average molecular weight is 255 g/mol. The number of aromatic carboxylic acids is 1. The quantitative estimate of drug-likeness (QED) is 0.902. The van der Waals surface area contributed by atoms with Crippen molar-refractivity contribution in [3.8, 4) is 17.7 Å². The lowest BCUT2D eigenvalue weighted by atomic mass is 10.2. The minimum absolute atomic E-state index is 0.00339. The van der Waals surface area contributed by atoms with E-state index >= 15 is 0 Å². The van der Waals surface area contributed by atoms with E-state index in [1.54, 1.807) is 19.1 Å². The lowest BCUT2D eigenvalue weighted by Crippen LogP contribution is -1.99. The Morgan fingerprint density at radius 2 is 2.21 bits per heavy atom. The molecule has 0 aliphatic carbocycles. The van der Waals surface area contributed by atoms with E-state index in [2.05, 4.69) is 9.97 Å². The van der Waals surface area contributed by atoms with E-state index < -0.39 is 5.97 Å². The predicted molar refractivity (Wildman–Crippen MR) is 65.0 cm³/mol.